The Morgan fingerprint density at radius 1 is 1.50 bits per heavy atom. The molecule has 0 atom stereocenters. The van der Waals surface area contributed by atoms with Crippen LogP contribution >= 0.6 is 11.8 Å². The third-order valence-corrected chi connectivity index (χ3v) is 1.42. The Labute approximate surface area is 66.7 Å². The predicted octanol–water partition coefficient (Wildman–Crippen LogP) is 0.226. The third kappa shape index (κ3) is 7.78. The summed E-state index contributed by atoms with van der Waals surface area (Å²) >= 11 is 1.62. The Hall–Kier alpha value is -0.220. The number of nitrogens with zero attached hydrogens (tertiary/aromatic N) is 2. The van der Waals surface area contributed by atoms with Gasteiger partial charge in [-0.15, -0.1) is 0 Å². The van der Waals surface area contributed by atoms with Crippen molar-refractivity contribution in [2.75, 3.05) is 33.4 Å². The lowest BCUT2D eigenvalue weighted by Crippen LogP contribution is -2.00. The van der Waals surface area contributed by atoms with Crippen LogP contribution in [0.5, 0.6) is 0 Å². The highest BCUT2D eigenvalue weighted by molar-refractivity contribution is 8.14. The van der Waals surface area contributed by atoms with Gasteiger partial charge in [0.2, 0.25) is 0 Å². The van der Waals surface area contributed by atoms with Crippen LogP contribution in [0.15, 0.2) is 4.99 Å². The minimum Gasteiger partial charge on any atom is -0.379 e. The Kier molecular flexibility index (Phi) is 5.43. The number of amidine groups is 1. The summed E-state index contributed by atoms with van der Waals surface area (Å²) in [5, 5.41) is 0.745. The van der Waals surface area contributed by atoms with Gasteiger partial charge in [0.25, 0.3) is 0 Å². The van der Waals surface area contributed by atoms with Gasteiger partial charge < -0.3 is 10.6 Å². The van der Waals surface area contributed by atoms with E-state index >= 15 is 0 Å². The highest BCUT2D eigenvalue weighted by Crippen LogP contribution is 2.05. The molecule has 0 aliphatic carbocycles. The molecule has 2 N–H and O–H groups in total. The van der Waals surface area contributed by atoms with E-state index in [2.05, 4.69) is 4.99 Å². The van der Waals surface area contributed by atoms with Gasteiger partial charge in [0.05, 0.1) is 6.54 Å². The van der Waals surface area contributed by atoms with E-state index in [0.717, 1.165) is 17.5 Å². The van der Waals surface area contributed by atoms with Crippen LogP contribution in [0, 0.1) is 0 Å². The normalized spacial score (nSPS) is 16.2. The van der Waals surface area contributed by atoms with Crippen LogP contribution in [0.4, 0.5) is 0 Å². The first-order valence-corrected chi connectivity index (χ1v) is 4.15. The maximum Gasteiger partial charge on any atom is 0.153 e. The van der Waals surface area contributed by atoms with Crippen molar-refractivity contribution in [1.29, 1.82) is 0 Å². The molecule has 0 aromatic heterocycles. The minimum absolute atomic E-state index is 0.745. The fraction of sp³-hybridized carbons (Fsp3) is 0.833. The number of nitrogens with two attached hydrogens (primary N) is 1. The largest absolute Gasteiger partial charge is 0.379 e. The lowest BCUT2D eigenvalue weighted by Gasteiger charge is -1.90. The number of hydrogen-bond donors (Lipinski definition) is 1. The van der Waals surface area contributed by atoms with Crippen molar-refractivity contribution in [3.63, 3.8) is 0 Å². The average molecular weight is 161 g/mol. The first-order valence-electron chi connectivity index (χ1n) is 3.16. The maximum absolute atomic E-state index is 5.25. The van der Waals surface area contributed by atoms with E-state index in [-0.39, 0.29) is 0 Å². The van der Waals surface area contributed by atoms with E-state index in [1.165, 1.54) is 0 Å². The second kappa shape index (κ2) is 5.56. The predicted molar refractivity (Wildman–Crippen MR) is 48.6 cm³/mol. The molecule has 3 nitrogen and oxygen atoms in total. The summed E-state index contributed by atoms with van der Waals surface area (Å²) in [6.45, 7) is 0.913. The zero-order valence-electron chi connectivity index (χ0n) is 6.79. The summed E-state index contributed by atoms with van der Waals surface area (Å²) in [4.78, 5) is 5.89. The first kappa shape index (κ1) is 9.78. The first-order chi connectivity index (χ1) is 4.63. The van der Waals surface area contributed by atoms with E-state index < -0.39 is 0 Å². The van der Waals surface area contributed by atoms with Crippen molar-refractivity contribution >= 4 is 16.9 Å². The molecule has 0 saturated carbocycles. The molecule has 0 amide bonds. The van der Waals surface area contributed by atoms with Gasteiger partial charge in [-0.1, -0.05) is 11.8 Å². The lowest BCUT2D eigenvalue weighted by atomic mass is 10.8. The van der Waals surface area contributed by atoms with E-state index in [1.807, 2.05) is 26.0 Å². The summed E-state index contributed by atoms with van der Waals surface area (Å²) < 4.78 is 0. The van der Waals surface area contributed by atoms with Crippen molar-refractivity contribution in [3.05, 3.63) is 0 Å². The van der Waals surface area contributed by atoms with Crippen molar-refractivity contribution < 1.29 is 0 Å². The number of aliphatic imine (C=N–C) groups is 1. The summed E-state index contributed by atoms with van der Waals surface area (Å²) in [5.41, 5.74) is 5.25. The highest BCUT2D eigenvalue weighted by Gasteiger charge is 1.98. The monoisotopic (exact) mass is 161 g/mol. The van der Waals surface area contributed by atoms with Gasteiger partial charge in [0.1, 0.15) is 0 Å². The summed E-state index contributed by atoms with van der Waals surface area (Å²) in [5.74, 6) is 1.08. The van der Waals surface area contributed by atoms with Gasteiger partial charge in [-0.05, 0) is 21.1 Å². The standard InChI is InChI=1S/C3H6N2S.C3H9N/c4-3-5-1-2-6-3;1-4(2)3/h1-2H2,(H2,4,5);1-3H3. The average Bonchev–Trinajstić information content (AvgIpc) is 2.15. The second-order valence-corrected chi connectivity index (χ2v) is 3.53. The maximum atomic E-state index is 5.25. The van der Waals surface area contributed by atoms with Crippen molar-refractivity contribution in [2.45, 2.75) is 0 Å². The fourth-order valence-electron chi connectivity index (χ4n) is 0.352. The molecule has 1 rings (SSSR count). The molecule has 1 heterocycles. The second-order valence-electron chi connectivity index (χ2n) is 2.41. The Bertz CT molecular complexity index is 109. The topological polar surface area (TPSA) is 41.6 Å². The molecule has 0 unspecified atom stereocenters. The SMILES string of the molecule is CN(C)C.NC1=NCCS1. The number of thioether (sulfide) groups is 1. The molecule has 0 bridgehead atoms. The minimum atomic E-state index is 0.745. The molecule has 0 saturated heterocycles. The van der Waals surface area contributed by atoms with Crippen LogP contribution in [0.2, 0.25) is 0 Å². The van der Waals surface area contributed by atoms with Gasteiger partial charge in [-0.3, -0.25) is 4.99 Å². The van der Waals surface area contributed by atoms with Crippen LogP contribution < -0.4 is 5.73 Å². The lowest BCUT2D eigenvalue weighted by molar-refractivity contribution is 0.505. The molecule has 0 fully saturated rings. The van der Waals surface area contributed by atoms with E-state index in [9.17, 15) is 0 Å². The molecule has 10 heavy (non-hydrogen) atoms. The zero-order chi connectivity index (χ0) is 7.98. The van der Waals surface area contributed by atoms with Crippen LogP contribution in [-0.4, -0.2) is 43.5 Å². The highest BCUT2D eigenvalue weighted by atomic mass is 32.2. The van der Waals surface area contributed by atoms with Crippen LogP contribution in [0.1, 0.15) is 0 Å². The number of rotatable bonds is 0. The molecule has 0 radical (unpaired) electrons. The summed E-state index contributed by atoms with van der Waals surface area (Å²) in [6.07, 6.45) is 0. The number of hydrogen-bond acceptors (Lipinski definition) is 4. The van der Waals surface area contributed by atoms with E-state index in [4.69, 9.17) is 5.73 Å². The van der Waals surface area contributed by atoms with Crippen LogP contribution in [0.25, 0.3) is 0 Å². The smallest absolute Gasteiger partial charge is 0.153 e. The molecular weight excluding hydrogens is 146 g/mol. The Balaban J connectivity index is 0.000000180. The van der Waals surface area contributed by atoms with Crippen molar-refractivity contribution in [2.24, 2.45) is 10.7 Å². The van der Waals surface area contributed by atoms with Gasteiger partial charge in [-0.2, -0.15) is 0 Å². The molecule has 0 spiro atoms. The molecule has 4 heteroatoms. The molecular formula is C6H15N3S. The van der Waals surface area contributed by atoms with Gasteiger partial charge in [-0.25, -0.2) is 0 Å². The Morgan fingerprint density at radius 3 is 2.10 bits per heavy atom. The van der Waals surface area contributed by atoms with Crippen molar-refractivity contribution in [1.82, 2.24) is 4.90 Å². The molecule has 1 aliphatic rings. The van der Waals surface area contributed by atoms with E-state index in [1.54, 1.807) is 11.8 Å². The summed E-state index contributed by atoms with van der Waals surface area (Å²) in [6, 6.07) is 0. The van der Waals surface area contributed by atoms with Crippen LogP contribution in [0.3, 0.4) is 0 Å². The summed E-state index contributed by atoms with van der Waals surface area (Å²) in [7, 11) is 6.00. The van der Waals surface area contributed by atoms with Gasteiger partial charge in [0, 0.05) is 5.75 Å². The third-order valence-electron chi connectivity index (χ3n) is 0.609. The quantitative estimate of drug-likeness (QED) is 0.553. The molecule has 60 valence electrons. The van der Waals surface area contributed by atoms with Crippen LogP contribution in [-0.2, 0) is 0 Å². The van der Waals surface area contributed by atoms with Gasteiger partial charge >= 0.3 is 0 Å². The molecule has 0 aromatic rings. The Morgan fingerprint density at radius 2 is 2.00 bits per heavy atom. The fourth-order valence-corrected chi connectivity index (χ4v) is 0.926. The zero-order valence-corrected chi connectivity index (χ0v) is 7.61. The van der Waals surface area contributed by atoms with Crippen molar-refractivity contribution in [3.8, 4) is 0 Å². The van der Waals surface area contributed by atoms with Gasteiger partial charge in [0.15, 0.2) is 5.17 Å². The molecule has 0 aromatic carbocycles. The van der Waals surface area contributed by atoms with E-state index in [0.29, 0.717) is 0 Å². The molecule has 1 aliphatic heterocycles.